The number of rotatable bonds is 5. The van der Waals surface area contributed by atoms with E-state index in [9.17, 15) is 0 Å². The standard InChI is InChI=1S/C13H19NO3S/c1-15-8-10(14)9-18-11-3-4-12-13(7-11)17-6-2-5-16-12/h3-4,7,10H,2,5-6,8-9,14H2,1H3. The minimum Gasteiger partial charge on any atom is -0.490 e. The number of benzene rings is 1. The lowest BCUT2D eigenvalue weighted by Crippen LogP contribution is -2.28. The first kappa shape index (κ1) is 13.5. The van der Waals surface area contributed by atoms with Crippen LogP contribution in [0.2, 0.25) is 0 Å². The van der Waals surface area contributed by atoms with Gasteiger partial charge >= 0.3 is 0 Å². The fraction of sp³-hybridized carbons (Fsp3) is 0.538. The fourth-order valence-electron chi connectivity index (χ4n) is 1.70. The fourth-order valence-corrected chi connectivity index (χ4v) is 2.56. The molecule has 0 fully saturated rings. The van der Waals surface area contributed by atoms with Crippen LogP contribution in [-0.4, -0.2) is 38.7 Å². The molecule has 1 atom stereocenters. The molecule has 4 nitrogen and oxygen atoms in total. The van der Waals surface area contributed by atoms with Gasteiger partial charge in [-0.2, -0.15) is 0 Å². The summed E-state index contributed by atoms with van der Waals surface area (Å²) >= 11 is 1.71. The monoisotopic (exact) mass is 269 g/mol. The molecule has 100 valence electrons. The van der Waals surface area contributed by atoms with Gasteiger partial charge in [0.1, 0.15) is 0 Å². The van der Waals surface area contributed by atoms with E-state index in [1.54, 1.807) is 18.9 Å². The Hall–Kier alpha value is -0.910. The van der Waals surface area contributed by atoms with Crippen LogP contribution in [0.5, 0.6) is 11.5 Å². The van der Waals surface area contributed by atoms with Crippen LogP contribution >= 0.6 is 11.8 Å². The van der Waals surface area contributed by atoms with Crippen LogP contribution in [0.15, 0.2) is 23.1 Å². The molecule has 18 heavy (non-hydrogen) atoms. The van der Waals surface area contributed by atoms with Crippen molar-refractivity contribution in [1.29, 1.82) is 0 Å². The quantitative estimate of drug-likeness (QED) is 0.828. The summed E-state index contributed by atoms with van der Waals surface area (Å²) in [5.74, 6) is 2.49. The van der Waals surface area contributed by atoms with Gasteiger partial charge in [0.25, 0.3) is 0 Å². The van der Waals surface area contributed by atoms with E-state index in [1.165, 1.54) is 0 Å². The molecule has 1 aromatic carbocycles. The Labute approximate surface area is 112 Å². The minimum atomic E-state index is 0.0518. The molecule has 0 radical (unpaired) electrons. The summed E-state index contributed by atoms with van der Waals surface area (Å²) in [4.78, 5) is 1.14. The number of methoxy groups -OCH3 is 1. The van der Waals surface area contributed by atoms with E-state index in [0.717, 1.165) is 35.2 Å². The number of hydrogen-bond donors (Lipinski definition) is 1. The van der Waals surface area contributed by atoms with Crippen LogP contribution in [0.1, 0.15) is 6.42 Å². The second kappa shape index (κ2) is 6.87. The smallest absolute Gasteiger partial charge is 0.162 e. The van der Waals surface area contributed by atoms with Crippen molar-refractivity contribution in [2.24, 2.45) is 5.73 Å². The van der Waals surface area contributed by atoms with Gasteiger partial charge in [-0.1, -0.05) is 0 Å². The summed E-state index contributed by atoms with van der Waals surface area (Å²) in [5.41, 5.74) is 5.89. The molecule has 2 rings (SSSR count). The largest absolute Gasteiger partial charge is 0.490 e. The van der Waals surface area contributed by atoms with Gasteiger partial charge < -0.3 is 19.9 Å². The number of nitrogens with two attached hydrogens (primary N) is 1. The van der Waals surface area contributed by atoms with Crippen molar-refractivity contribution in [2.75, 3.05) is 32.7 Å². The van der Waals surface area contributed by atoms with E-state index in [-0.39, 0.29) is 6.04 Å². The summed E-state index contributed by atoms with van der Waals surface area (Å²) in [6.45, 7) is 2.01. The van der Waals surface area contributed by atoms with E-state index < -0.39 is 0 Å². The number of hydrogen-bond acceptors (Lipinski definition) is 5. The highest BCUT2D eigenvalue weighted by atomic mass is 32.2. The first-order chi connectivity index (χ1) is 8.79. The van der Waals surface area contributed by atoms with Crippen molar-refractivity contribution in [3.8, 4) is 11.5 Å². The Morgan fingerprint density at radius 3 is 2.89 bits per heavy atom. The van der Waals surface area contributed by atoms with E-state index in [0.29, 0.717) is 13.2 Å². The normalized spacial score (nSPS) is 16.1. The van der Waals surface area contributed by atoms with Gasteiger partial charge in [-0.3, -0.25) is 0 Å². The maximum atomic E-state index is 5.89. The molecule has 1 aliphatic heterocycles. The predicted octanol–water partition coefficient (Wildman–Crippen LogP) is 1.91. The molecule has 5 heteroatoms. The molecule has 1 aromatic rings. The van der Waals surface area contributed by atoms with E-state index in [2.05, 4.69) is 0 Å². The Morgan fingerprint density at radius 2 is 2.11 bits per heavy atom. The van der Waals surface area contributed by atoms with Crippen molar-refractivity contribution in [3.05, 3.63) is 18.2 Å². The predicted molar refractivity (Wildman–Crippen MR) is 72.6 cm³/mol. The van der Waals surface area contributed by atoms with Gasteiger partial charge in [0.05, 0.1) is 19.8 Å². The molecule has 1 aliphatic rings. The molecule has 0 saturated heterocycles. The van der Waals surface area contributed by atoms with Gasteiger partial charge in [-0.25, -0.2) is 0 Å². The lowest BCUT2D eigenvalue weighted by molar-refractivity contribution is 0.186. The number of ether oxygens (including phenoxy) is 3. The first-order valence-electron chi connectivity index (χ1n) is 6.06. The Bertz CT molecular complexity index is 386. The molecule has 1 unspecified atom stereocenters. The zero-order valence-corrected chi connectivity index (χ0v) is 11.4. The molecule has 1 heterocycles. The second-order valence-corrected chi connectivity index (χ2v) is 5.28. The molecular formula is C13H19NO3S. The summed E-state index contributed by atoms with van der Waals surface area (Å²) in [6.07, 6.45) is 0.926. The SMILES string of the molecule is COCC(N)CSc1ccc2c(c1)OCCCO2. The molecule has 0 saturated carbocycles. The summed E-state index contributed by atoms with van der Waals surface area (Å²) in [5, 5.41) is 0. The number of thioether (sulfide) groups is 1. The molecule has 0 bridgehead atoms. The lowest BCUT2D eigenvalue weighted by atomic mass is 10.3. The van der Waals surface area contributed by atoms with Gasteiger partial charge in [-0.05, 0) is 18.2 Å². The average molecular weight is 269 g/mol. The van der Waals surface area contributed by atoms with Gasteiger partial charge in [-0.15, -0.1) is 11.8 Å². The van der Waals surface area contributed by atoms with Gasteiger partial charge in [0.15, 0.2) is 11.5 Å². The summed E-state index contributed by atoms with van der Waals surface area (Å²) in [6, 6.07) is 6.07. The molecule has 0 spiro atoms. The third kappa shape index (κ3) is 3.80. The van der Waals surface area contributed by atoms with Crippen molar-refractivity contribution < 1.29 is 14.2 Å². The van der Waals surface area contributed by atoms with Crippen molar-refractivity contribution in [1.82, 2.24) is 0 Å². The van der Waals surface area contributed by atoms with Crippen LogP contribution in [0.25, 0.3) is 0 Å². The van der Waals surface area contributed by atoms with E-state index >= 15 is 0 Å². The molecule has 0 aliphatic carbocycles. The zero-order chi connectivity index (χ0) is 12.8. The van der Waals surface area contributed by atoms with Crippen molar-refractivity contribution >= 4 is 11.8 Å². The Morgan fingerprint density at radius 1 is 1.33 bits per heavy atom. The molecular weight excluding hydrogens is 250 g/mol. The van der Waals surface area contributed by atoms with Crippen LogP contribution in [0, 0.1) is 0 Å². The van der Waals surface area contributed by atoms with Crippen LogP contribution in [0.4, 0.5) is 0 Å². The second-order valence-electron chi connectivity index (χ2n) is 4.19. The van der Waals surface area contributed by atoms with Crippen molar-refractivity contribution in [2.45, 2.75) is 17.4 Å². The minimum absolute atomic E-state index is 0.0518. The van der Waals surface area contributed by atoms with Crippen LogP contribution in [0.3, 0.4) is 0 Å². The average Bonchev–Trinajstić information content (AvgIpc) is 2.61. The molecule has 2 N–H and O–H groups in total. The highest BCUT2D eigenvalue weighted by molar-refractivity contribution is 7.99. The topological polar surface area (TPSA) is 53.7 Å². The van der Waals surface area contributed by atoms with Crippen LogP contribution in [-0.2, 0) is 4.74 Å². The summed E-state index contributed by atoms with van der Waals surface area (Å²) < 4.78 is 16.3. The van der Waals surface area contributed by atoms with Crippen molar-refractivity contribution in [3.63, 3.8) is 0 Å². The maximum Gasteiger partial charge on any atom is 0.162 e. The number of fused-ring (bicyclic) bond motifs is 1. The highest BCUT2D eigenvalue weighted by Crippen LogP contribution is 2.33. The first-order valence-corrected chi connectivity index (χ1v) is 7.05. The lowest BCUT2D eigenvalue weighted by Gasteiger charge is -2.11. The van der Waals surface area contributed by atoms with Gasteiger partial charge in [0, 0.05) is 30.2 Å². The Kier molecular flexibility index (Phi) is 5.16. The zero-order valence-electron chi connectivity index (χ0n) is 10.6. The van der Waals surface area contributed by atoms with E-state index in [1.807, 2.05) is 18.2 Å². The van der Waals surface area contributed by atoms with Crippen LogP contribution < -0.4 is 15.2 Å². The molecule has 0 aromatic heterocycles. The third-order valence-electron chi connectivity index (χ3n) is 2.56. The summed E-state index contributed by atoms with van der Waals surface area (Å²) in [7, 11) is 1.66. The Balaban J connectivity index is 1.95. The van der Waals surface area contributed by atoms with Gasteiger partial charge in [0.2, 0.25) is 0 Å². The maximum absolute atomic E-state index is 5.89. The molecule has 0 amide bonds. The third-order valence-corrected chi connectivity index (χ3v) is 3.75. The highest BCUT2D eigenvalue weighted by Gasteiger charge is 2.11. The van der Waals surface area contributed by atoms with E-state index in [4.69, 9.17) is 19.9 Å².